The smallest absolute Gasteiger partial charge is 0.410 e. The molecule has 1 N–H and O–H groups in total. The van der Waals surface area contributed by atoms with Gasteiger partial charge in [-0.05, 0) is 62.6 Å². The number of amides is 2. The van der Waals surface area contributed by atoms with Gasteiger partial charge in [0.05, 0.1) is 5.56 Å². The maximum Gasteiger partial charge on any atom is 0.410 e. The van der Waals surface area contributed by atoms with Crippen molar-refractivity contribution in [2.45, 2.75) is 52.4 Å². The van der Waals surface area contributed by atoms with Crippen LogP contribution in [0, 0.1) is 12.7 Å². The van der Waals surface area contributed by atoms with Gasteiger partial charge in [-0.2, -0.15) is 0 Å². The summed E-state index contributed by atoms with van der Waals surface area (Å²) in [5.74, 6) is 0.465. The van der Waals surface area contributed by atoms with Gasteiger partial charge in [-0.25, -0.2) is 9.18 Å². The SMILES string of the molecule is CCC(C)OC(=O)N1CCC(NC(=O)c2c(C)oc3ccc(OCc4cccc(F)c4)cc23)C1. The molecule has 2 aromatic carbocycles. The summed E-state index contributed by atoms with van der Waals surface area (Å²) in [6.45, 7) is 6.69. The minimum absolute atomic E-state index is 0.140. The van der Waals surface area contributed by atoms with Crippen molar-refractivity contribution in [2.24, 2.45) is 0 Å². The van der Waals surface area contributed by atoms with E-state index in [0.717, 1.165) is 6.42 Å². The van der Waals surface area contributed by atoms with Crippen molar-refractivity contribution in [3.63, 3.8) is 0 Å². The maximum atomic E-state index is 13.4. The second-order valence-corrected chi connectivity index (χ2v) is 8.62. The first-order valence-corrected chi connectivity index (χ1v) is 11.5. The first kappa shape index (κ1) is 23.6. The number of furan rings is 1. The molecular weight excluding hydrogens is 439 g/mol. The number of hydrogen-bond acceptors (Lipinski definition) is 5. The van der Waals surface area contributed by atoms with Gasteiger partial charge in [0.2, 0.25) is 0 Å². The van der Waals surface area contributed by atoms with E-state index in [1.165, 1.54) is 12.1 Å². The molecule has 1 aromatic heterocycles. The van der Waals surface area contributed by atoms with Crippen molar-refractivity contribution in [1.29, 1.82) is 0 Å². The van der Waals surface area contributed by atoms with Gasteiger partial charge in [0.25, 0.3) is 5.91 Å². The number of ether oxygens (including phenoxy) is 2. The van der Waals surface area contributed by atoms with Crippen molar-refractivity contribution in [3.8, 4) is 5.75 Å². The molecule has 0 bridgehead atoms. The topological polar surface area (TPSA) is 81.0 Å². The Kier molecular flexibility index (Phi) is 7.05. The predicted octanol–water partition coefficient (Wildman–Crippen LogP) is 5.20. The molecule has 0 spiro atoms. The van der Waals surface area contributed by atoms with Gasteiger partial charge in [-0.15, -0.1) is 0 Å². The monoisotopic (exact) mass is 468 g/mol. The van der Waals surface area contributed by atoms with E-state index < -0.39 is 0 Å². The summed E-state index contributed by atoms with van der Waals surface area (Å²) in [7, 11) is 0. The number of aryl methyl sites for hydroxylation is 1. The second-order valence-electron chi connectivity index (χ2n) is 8.62. The van der Waals surface area contributed by atoms with Crippen molar-refractivity contribution >= 4 is 23.0 Å². The molecule has 0 aliphatic carbocycles. The molecule has 3 aromatic rings. The van der Waals surface area contributed by atoms with Crippen LogP contribution >= 0.6 is 0 Å². The lowest BCUT2D eigenvalue weighted by Crippen LogP contribution is -2.39. The Morgan fingerprint density at radius 1 is 1.26 bits per heavy atom. The maximum absolute atomic E-state index is 13.4. The van der Waals surface area contributed by atoms with Crippen LogP contribution in [0.2, 0.25) is 0 Å². The molecule has 1 aliphatic heterocycles. The highest BCUT2D eigenvalue weighted by atomic mass is 19.1. The van der Waals surface area contributed by atoms with Crippen LogP contribution in [0.25, 0.3) is 11.0 Å². The highest BCUT2D eigenvalue weighted by molar-refractivity contribution is 6.07. The number of nitrogens with zero attached hydrogens (tertiary/aromatic N) is 1. The third-order valence-corrected chi connectivity index (χ3v) is 6.02. The lowest BCUT2D eigenvalue weighted by atomic mass is 10.1. The summed E-state index contributed by atoms with van der Waals surface area (Å²) >= 11 is 0. The summed E-state index contributed by atoms with van der Waals surface area (Å²) in [6.07, 6.45) is 0.910. The summed E-state index contributed by atoms with van der Waals surface area (Å²) in [4.78, 5) is 27.0. The molecule has 180 valence electrons. The molecule has 8 heteroatoms. The van der Waals surface area contributed by atoms with E-state index in [9.17, 15) is 14.0 Å². The molecular formula is C26H29FN2O5. The standard InChI is InChI=1S/C26H29FN2O5/c1-4-16(2)33-26(31)29-11-10-20(14-29)28-25(30)24-17(3)34-23-9-8-21(13-22(23)24)32-15-18-6-5-7-19(27)12-18/h5-9,12-13,16,20H,4,10-11,14-15H2,1-3H3,(H,28,30). The average molecular weight is 469 g/mol. The van der Waals surface area contributed by atoms with Crippen molar-refractivity contribution in [1.82, 2.24) is 10.2 Å². The largest absolute Gasteiger partial charge is 0.489 e. The van der Waals surface area contributed by atoms with Crippen molar-refractivity contribution < 1.29 is 27.9 Å². The van der Waals surface area contributed by atoms with Gasteiger partial charge in [-0.3, -0.25) is 4.79 Å². The first-order valence-electron chi connectivity index (χ1n) is 11.5. The molecule has 1 saturated heterocycles. The Hall–Kier alpha value is -3.55. The third kappa shape index (κ3) is 5.32. The fourth-order valence-corrected chi connectivity index (χ4v) is 4.00. The highest BCUT2D eigenvalue weighted by Gasteiger charge is 2.30. The number of likely N-dealkylation sites (tertiary alicyclic amines) is 1. The minimum atomic E-state index is -0.351. The van der Waals surface area contributed by atoms with Gasteiger partial charge < -0.3 is 24.1 Å². The van der Waals surface area contributed by atoms with E-state index in [2.05, 4.69) is 5.32 Å². The molecule has 2 unspecified atom stereocenters. The summed E-state index contributed by atoms with van der Waals surface area (Å²) in [5, 5.41) is 3.66. The second kappa shape index (κ2) is 10.2. The number of rotatable bonds is 7. The van der Waals surface area contributed by atoms with Crippen LogP contribution in [0.4, 0.5) is 9.18 Å². The van der Waals surface area contributed by atoms with E-state index >= 15 is 0 Å². The molecule has 2 amide bonds. The van der Waals surface area contributed by atoms with Gasteiger partial charge in [0.1, 0.15) is 35.6 Å². The third-order valence-electron chi connectivity index (χ3n) is 6.02. The Balaban J connectivity index is 1.43. The lowest BCUT2D eigenvalue weighted by molar-refractivity contribution is 0.0735. The van der Waals surface area contributed by atoms with E-state index in [0.29, 0.717) is 53.1 Å². The molecule has 1 aliphatic rings. The Bertz CT molecular complexity index is 1190. The van der Waals surface area contributed by atoms with E-state index in [1.807, 2.05) is 13.8 Å². The fourth-order valence-electron chi connectivity index (χ4n) is 4.00. The van der Waals surface area contributed by atoms with Crippen molar-refractivity contribution in [2.75, 3.05) is 13.1 Å². The molecule has 0 radical (unpaired) electrons. The van der Waals surface area contributed by atoms with E-state index in [-0.39, 0.29) is 36.6 Å². The number of halogens is 1. The molecule has 0 saturated carbocycles. The Labute approximate surface area is 197 Å². The zero-order valence-corrected chi connectivity index (χ0v) is 19.6. The summed E-state index contributed by atoms with van der Waals surface area (Å²) in [5.41, 5.74) is 1.72. The molecule has 2 heterocycles. The van der Waals surface area contributed by atoms with Gasteiger partial charge >= 0.3 is 6.09 Å². The quantitative estimate of drug-likeness (QED) is 0.516. The van der Waals surface area contributed by atoms with Crippen molar-refractivity contribution in [3.05, 3.63) is 65.2 Å². The number of carbonyl (C=O) groups is 2. The summed E-state index contributed by atoms with van der Waals surface area (Å²) in [6, 6.07) is 11.3. The summed E-state index contributed by atoms with van der Waals surface area (Å²) < 4.78 is 30.4. The van der Waals surface area contributed by atoms with Crippen LogP contribution in [0.15, 0.2) is 46.9 Å². The van der Waals surface area contributed by atoms with Gasteiger partial charge in [-0.1, -0.05) is 19.1 Å². The van der Waals surface area contributed by atoms with Gasteiger partial charge in [0.15, 0.2) is 0 Å². The zero-order valence-electron chi connectivity index (χ0n) is 19.6. The molecule has 7 nitrogen and oxygen atoms in total. The predicted molar refractivity (Wildman–Crippen MR) is 125 cm³/mol. The molecule has 1 fully saturated rings. The highest BCUT2D eigenvalue weighted by Crippen LogP contribution is 2.30. The number of nitrogens with one attached hydrogen (secondary N) is 1. The number of carbonyl (C=O) groups excluding carboxylic acids is 2. The number of benzene rings is 2. The van der Waals surface area contributed by atoms with E-state index in [1.54, 1.807) is 42.2 Å². The average Bonchev–Trinajstić information content (AvgIpc) is 3.40. The van der Waals surface area contributed by atoms with Crippen LogP contribution in [-0.2, 0) is 11.3 Å². The number of fused-ring (bicyclic) bond motifs is 1. The van der Waals surface area contributed by atoms with Crippen LogP contribution in [0.5, 0.6) is 5.75 Å². The van der Waals surface area contributed by atoms with Crippen LogP contribution < -0.4 is 10.1 Å². The normalized spacial score (nSPS) is 16.5. The minimum Gasteiger partial charge on any atom is -0.489 e. The Morgan fingerprint density at radius 3 is 2.85 bits per heavy atom. The first-order chi connectivity index (χ1) is 16.3. The lowest BCUT2D eigenvalue weighted by Gasteiger charge is -2.19. The molecule has 4 rings (SSSR count). The zero-order chi connectivity index (χ0) is 24.2. The fraction of sp³-hybridized carbons (Fsp3) is 0.385. The van der Waals surface area contributed by atoms with Crippen LogP contribution in [0.3, 0.4) is 0 Å². The van der Waals surface area contributed by atoms with Crippen LogP contribution in [0.1, 0.15) is 48.4 Å². The molecule has 34 heavy (non-hydrogen) atoms. The molecule has 2 atom stereocenters. The van der Waals surface area contributed by atoms with Crippen LogP contribution in [-0.4, -0.2) is 42.1 Å². The number of hydrogen-bond donors (Lipinski definition) is 1. The Morgan fingerprint density at radius 2 is 2.09 bits per heavy atom. The van der Waals surface area contributed by atoms with Gasteiger partial charge in [0, 0.05) is 24.5 Å². The van der Waals surface area contributed by atoms with E-state index in [4.69, 9.17) is 13.9 Å².